The van der Waals surface area contributed by atoms with Gasteiger partial charge in [0.1, 0.15) is 17.8 Å². The SMILES string of the molecule is CCn1c(-c2cccnc2[C@H](C)OC)c2c3cc(ccc31)-c1cc(O)cc(c1)C[C@H](NC(=O)[C@H](C(C)C)N(C)C(=O)[C@H]1CC[C@@H]1N)C(=O)N1CCC[C@@](O)(N1)C(=O)OCC(C)(C)C2. The molecule has 7 rings (SSSR count). The number of cyclic esters (lactones) is 1. The van der Waals surface area contributed by atoms with Gasteiger partial charge in [0.25, 0.3) is 5.91 Å². The number of nitrogens with two attached hydrogens (primary N) is 1. The number of carbonyl (C=O) groups is 4. The number of amides is 3. The smallest absolute Gasteiger partial charge is 0.355 e. The first kappa shape index (κ1) is 45.7. The molecule has 1 saturated carbocycles. The number of hydrogen-bond donors (Lipinski definition) is 5. The van der Waals surface area contributed by atoms with Gasteiger partial charge in [0.05, 0.1) is 30.0 Å². The van der Waals surface area contributed by atoms with Crippen molar-refractivity contribution in [3.05, 3.63) is 71.5 Å². The van der Waals surface area contributed by atoms with Gasteiger partial charge >= 0.3 is 5.97 Å². The van der Waals surface area contributed by atoms with Crippen LogP contribution in [0.3, 0.4) is 0 Å². The molecule has 1 aliphatic carbocycles. The summed E-state index contributed by atoms with van der Waals surface area (Å²) in [5.74, 6) is -3.07. The molecule has 15 heteroatoms. The fourth-order valence-electron chi connectivity index (χ4n) is 9.52. The highest BCUT2D eigenvalue weighted by molar-refractivity contribution is 5.96. The van der Waals surface area contributed by atoms with E-state index in [2.05, 4.69) is 34.4 Å². The van der Waals surface area contributed by atoms with Crippen LogP contribution in [0.25, 0.3) is 33.3 Å². The van der Waals surface area contributed by atoms with Crippen LogP contribution in [0.2, 0.25) is 0 Å². The summed E-state index contributed by atoms with van der Waals surface area (Å²) in [5.41, 5.74) is 12.7. The van der Waals surface area contributed by atoms with E-state index in [4.69, 9.17) is 20.2 Å². The van der Waals surface area contributed by atoms with E-state index >= 15 is 0 Å². The van der Waals surface area contributed by atoms with Crippen LogP contribution in [-0.4, -0.2) is 105 Å². The second-order valence-corrected chi connectivity index (χ2v) is 18.7. The summed E-state index contributed by atoms with van der Waals surface area (Å²) in [4.78, 5) is 62.6. The van der Waals surface area contributed by atoms with E-state index in [1.165, 1.54) is 4.90 Å². The molecule has 2 aromatic heterocycles. The molecule has 3 amide bonds. The van der Waals surface area contributed by atoms with Crippen LogP contribution in [0.5, 0.6) is 5.75 Å². The molecule has 3 aliphatic rings. The lowest BCUT2D eigenvalue weighted by Crippen LogP contribution is -2.67. The molecule has 4 heterocycles. The number of aliphatic hydroxyl groups is 1. The number of aromatic hydroxyl groups is 1. The zero-order chi connectivity index (χ0) is 45.5. The number of aryl methyl sites for hydroxylation is 1. The van der Waals surface area contributed by atoms with E-state index in [0.29, 0.717) is 30.5 Å². The van der Waals surface area contributed by atoms with Crippen LogP contribution in [-0.2, 0) is 48.0 Å². The lowest BCUT2D eigenvalue weighted by molar-refractivity contribution is -0.189. The molecule has 6 N–H and O–H groups in total. The van der Waals surface area contributed by atoms with E-state index < -0.39 is 41.0 Å². The molecular formula is C48H63N7O8. The highest BCUT2D eigenvalue weighted by Gasteiger charge is 2.46. The van der Waals surface area contributed by atoms with Crippen molar-refractivity contribution >= 4 is 34.6 Å². The van der Waals surface area contributed by atoms with Gasteiger partial charge in [-0.05, 0) is 104 Å². The Bertz CT molecular complexity index is 2390. The van der Waals surface area contributed by atoms with Crippen LogP contribution in [0.1, 0.15) is 90.2 Å². The average molecular weight is 866 g/mol. The molecule has 0 radical (unpaired) electrons. The zero-order valence-electron chi connectivity index (χ0n) is 37.7. The number of phenols is 1. The fourth-order valence-corrected chi connectivity index (χ4v) is 9.52. The Labute approximate surface area is 369 Å². The largest absolute Gasteiger partial charge is 0.508 e. The highest BCUT2D eigenvalue weighted by Crippen LogP contribution is 2.42. The second kappa shape index (κ2) is 18.0. The summed E-state index contributed by atoms with van der Waals surface area (Å²) < 4.78 is 14.0. The van der Waals surface area contributed by atoms with E-state index in [0.717, 1.165) is 50.4 Å². The number of nitrogens with zero attached hydrogens (tertiary/aromatic N) is 4. The van der Waals surface area contributed by atoms with Gasteiger partial charge < -0.3 is 40.2 Å². The summed E-state index contributed by atoms with van der Waals surface area (Å²) in [5, 5.41) is 28.2. The number of hydrazine groups is 1. The van der Waals surface area contributed by atoms with Gasteiger partial charge in [-0.15, -0.1) is 0 Å². The number of fused-ring (bicyclic) bond motifs is 6. The molecule has 63 heavy (non-hydrogen) atoms. The number of likely N-dealkylation sites (N-methyl/N-ethyl adjacent to an activating group) is 1. The van der Waals surface area contributed by atoms with Gasteiger partial charge in [0.15, 0.2) is 0 Å². The molecule has 2 aromatic carbocycles. The van der Waals surface area contributed by atoms with Crippen molar-refractivity contribution in [2.24, 2.45) is 23.0 Å². The minimum absolute atomic E-state index is 0.0208. The van der Waals surface area contributed by atoms with Crippen LogP contribution >= 0.6 is 0 Å². The number of nitrogens with one attached hydrogen (secondary N) is 2. The van der Waals surface area contributed by atoms with Gasteiger partial charge in [-0.25, -0.2) is 4.79 Å². The molecule has 2 aliphatic heterocycles. The zero-order valence-corrected chi connectivity index (χ0v) is 37.7. The molecule has 15 nitrogen and oxygen atoms in total. The molecule has 338 valence electrons. The number of hydrogen-bond acceptors (Lipinski definition) is 11. The van der Waals surface area contributed by atoms with Crippen molar-refractivity contribution in [2.75, 3.05) is 27.3 Å². The number of benzene rings is 2. The molecule has 0 spiro atoms. The molecule has 1 saturated heterocycles. The summed E-state index contributed by atoms with van der Waals surface area (Å²) in [6.45, 7) is 12.4. The number of pyridine rings is 1. The Morgan fingerprint density at radius 1 is 1.11 bits per heavy atom. The standard InChI is InChI=1S/C48H63N7O8/c1-9-54-39-16-13-30-24-35(39)36(42(54)34-12-10-18-50-40(34)28(4)62-8)25-47(5,6)26-63-46(60)48(61)17-11-19-55(52-48)45(59)38(22-29-20-31(30)23-32(56)21-29)51-43(57)41(27(2)3)53(7)44(58)33-14-15-37(33)49/h10,12-13,16,18,20-21,23-24,27-28,33,37-38,41,52,56,61H,9,11,14-15,17,19,22,25-26,49H2,1-8H3,(H,51,57)/t28-,33-,37-,38-,41-,48-/m0/s1. The Kier molecular flexibility index (Phi) is 13.1. The molecule has 2 fully saturated rings. The van der Waals surface area contributed by atoms with Gasteiger partial charge in [-0.1, -0.05) is 39.8 Å². The van der Waals surface area contributed by atoms with Crippen molar-refractivity contribution in [1.82, 2.24) is 30.2 Å². The summed E-state index contributed by atoms with van der Waals surface area (Å²) in [6.07, 6.45) is 3.45. The normalized spacial score (nSPS) is 23.7. The van der Waals surface area contributed by atoms with Gasteiger partial charge in [-0.2, -0.15) is 5.43 Å². The number of methoxy groups -OCH3 is 1. The lowest BCUT2D eigenvalue weighted by Gasteiger charge is -2.41. The van der Waals surface area contributed by atoms with E-state index in [1.807, 2.05) is 58.9 Å². The number of aromatic nitrogens is 2. The minimum Gasteiger partial charge on any atom is -0.508 e. The first-order valence-electron chi connectivity index (χ1n) is 22.1. The van der Waals surface area contributed by atoms with Crippen LogP contribution in [0, 0.1) is 17.3 Å². The molecule has 6 bridgehead atoms. The van der Waals surface area contributed by atoms with E-state index in [-0.39, 0.29) is 68.1 Å². The Morgan fingerprint density at radius 2 is 1.87 bits per heavy atom. The number of esters is 1. The quantitative estimate of drug-likeness (QED) is 0.142. The fraction of sp³-hybridized carbons (Fsp3) is 0.521. The van der Waals surface area contributed by atoms with Crippen LogP contribution < -0.4 is 16.5 Å². The third-order valence-electron chi connectivity index (χ3n) is 13.1. The first-order chi connectivity index (χ1) is 29.9. The number of carbonyl (C=O) groups excluding carboxylic acids is 4. The number of phenolic OH excluding ortho intramolecular Hbond substituents is 1. The predicted octanol–water partition coefficient (Wildman–Crippen LogP) is 4.99. The van der Waals surface area contributed by atoms with Gasteiger partial charge in [-0.3, -0.25) is 24.4 Å². The summed E-state index contributed by atoms with van der Waals surface area (Å²) >= 11 is 0. The molecule has 4 aromatic rings. The monoisotopic (exact) mass is 865 g/mol. The molecule has 6 atom stereocenters. The summed E-state index contributed by atoms with van der Waals surface area (Å²) in [6, 6.07) is 12.8. The maximum Gasteiger partial charge on any atom is 0.355 e. The van der Waals surface area contributed by atoms with E-state index in [1.54, 1.807) is 32.5 Å². The second-order valence-electron chi connectivity index (χ2n) is 18.7. The Balaban J connectivity index is 1.36. The minimum atomic E-state index is -2.24. The molecule has 0 unspecified atom stereocenters. The maximum absolute atomic E-state index is 14.6. The number of ether oxygens (including phenoxy) is 2. The molecular weight excluding hydrogens is 803 g/mol. The van der Waals surface area contributed by atoms with Gasteiger partial charge in [0, 0.05) is 74.2 Å². The first-order valence-corrected chi connectivity index (χ1v) is 22.1. The number of rotatable bonds is 9. The third-order valence-corrected chi connectivity index (χ3v) is 13.1. The topological polar surface area (TPSA) is 202 Å². The Morgan fingerprint density at radius 3 is 2.54 bits per heavy atom. The maximum atomic E-state index is 14.6. The van der Waals surface area contributed by atoms with Crippen LogP contribution in [0.4, 0.5) is 0 Å². The van der Waals surface area contributed by atoms with Crippen molar-refractivity contribution in [3.8, 4) is 28.1 Å². The van der Waals surface area contributed by atoms with Crippen LogP contribution in [0.15, 0.2) is 54.7 Å². The van der Waals surface area contributed by atoms with Crippen molar-refractivity contribution in [3.63, 3.8) is 0 Å². The lowest BCUT2D eigenvalue weighted by atomic mass is 9.79. The highest BCUT2D eigenvalue weighted by atomic mass is 16.6. The van der Waals surface area contributed by atoms with Crippen molar-refractivity contribution in [1.29, 1.82) is 0 Å². The summed E-state index contributed by atoms with van der Waals surface area (Å²) in [7, 11) is 3.24. The Hall–Kier alpha value is -5.35. The predicted molar refractivity (Wildman–Crippen MR) is 239 cm³/mol. The van der Waals surface area contributed by atoms with E-state index in [9.17, 15) is 29.4 Å². The average Bonchev–Trinajstić information content (AvgIpc) is 3.54. The van der Waals surface area contributed by atoms with Crippen molar-refractivity contribution in [2.45, 2.75) is 117 Å². The van der Waals surface area contributed by atoms with Gasteiger partial charge in [0.2, 0.25) is 17.5 Å². The third kappa shape index (κ3) is 9.06. The van der Waals surface area contributed by atoms with Crippen molar-refractivity contribution < 1.29 is 38.9 Å².